The van der Waals surface area contributed by atoms with Gasteiger partial charge in [0.05, 0.1) is 16.7 Å². The number of primary amides is 1. The molecule has 0 bridgehead atoms. The van der Waals surface area contributed by atoms with Crippen molar-refractivity contribution in [2.75, 3.05) is 6.61 Å². The summed E-state index contributed by atoms with van der Waals surface area (Å²) in [6, 6.07) is 5.13. The molecule has 0 fully saturated rings. The van der Waals surface area contributed by atoms with E-state index in [1.165, 1.54) is 18.2 Å². The lowest BCUT2D eigenvalue weighted by molar-refractivity contribution is -0.143. The van der Waals surface area contributed by atoms with Crippen molar-refractivity contribution in [2.45, 2.75) is 12.4 Å². The summed E-state index contributed by atoms with van der Waals surface area (Å²) in [5.74, 6) is -1.62. The zero-order chi connectivity index (χ0) is 40.7. The Labute approximate surface area is 261 Å². The lowest BCUT2D eigenvalue weighted by Crippen LogP contribution is -2.20. The Bertz CT molecular complexity index is 994. The van der Waals surface area contributed by atoms with Crippen molar-refractivity contribution in [3.8, 4) is 5.75 Å². The van der Waals surface area contributed by atoms with Crippen LogP contribution in [0.4, 0.5) is 113 Å². The van der Waals surface area contributed by atoms with Gasteiger partial charge >= 0.3 is 12.4 Å². The normalized spacial score (nSPS) is 8.59. The highest BCUT2D eigenvalue weighted by atomic mass is 79.9. The van der Waals surface area contributed by atoms with E-state index in [4.69, 9.17) is 92.8 Å². The Kier molecular flexibility index (Phi) is 63.0. The van der Waals surface area contributed by atoms with E-state index in [1.54, 1.807) is 0 Å². The van der Waals surface area contributed by atoms with Crippen LogP contribution in [-0.2, 0) is 17.1 Å². The highest BCUT2D eigenvalue weighted by molar-refractivity contribution is 9.10. The average Bonchev–Trinajstić information content (AvgIpc) is 3.13. The van der Waals surface area contributed by atoms with Gasteiger partial charge in [-0.05, 0) is 48.0 Å². The van der Waals surface area contributed by atoms with Gasteiger partial charge in [-0.1, -0.05) is 22.0 Å². The zero-order valence-electron chi connectivity index (χ0n) is 22.0. The van der Waals surface area contributed by atoms with Crippen LogP contribution in [0.5, 0.6) is 5.75 Å². The van der Waals surface area contributed by atoms with Crippen LogP contribution in [0, 0.1) is 0 Å². The maximum atomic E-state index is 12.9. The molecule has 0 radical (unpaired) electrons. The van der Waals surface area contributed by atoms with E-state index in [0.29, 0.717) is 16.6 Å². The van der Waals surface area contributed by atoms with E-state index in [0.717, 1.165) is 12.2 Å². The molecule has 294 valence electrons. The van der Waals surface area contributed by atoms with Crippen molar-refractivity contribution >= 4 is 33.7 Å². The first-order valence-corrected chi connectivity index (χ1v) is 10.1. The molecule has 0 aliphatic rings. The third kappa shape index (κ3) is 35.0. The van der Waals surface area contributed by atoms with Gasteiger partial charge in [0, 0.05) is 86.8 Å². The summed E-state index contributed by atoms with van der Waals surface area (Å²) >= 11 is 3.13. The number of rotatable bonds is 6. The highest BCUT2D eigenvalue weighted by Gasteiger charge is 2.36. The fraction of sp³-hybridized carbons (Fsp3) is 0.158. The second-order valence-corrected chi connectivity index (χ2v) is 6.85. The third-order valence-corrected chi connectivity index (χ3v) is 4.11. The van der Waals surface area contributed by atoms with E-state index in [-0.39, 0.29) is 22.1 Å². The highest BCUT2D eigenvalue weighted by Crippen LogP contribution is 2.36. The Morgan fingerprint density at radius 1 is 0.633 bits per heavy atom. The van der Waals surface area contributed by atoms with Crippen LogP contribution in [0.15, 0.2) is 46.9 Å². The van der Waals surface area contributed by atoms with Crippen LogP contribution in [0.2, 0.25) is 0 Å². The van der Waals surface area contributed by atoms with Crippen LogP contribution < -0.4 is 10.5 Å². The largest absolute Gasteiger partial charge is 0.483 e. The van der Waals surface area contributed by atoms with Crippen LogP contribution in [0.3, 0.4) is 0 Å². The molecule has 0 aromatic heterocycles. The first-order valence-electron chi connectivity index (χ1n) is 9.28. The number of nitrogens with two attached hydrogens (primary N) is 1. The van der Waals surface area contributed by atoms with E-state index < -0.39 is 47.3 Å². The van der Waals surface area contributed by atoms with Crippen molar-refractivity contribution < 1.29 is 128 Å². The van der Waals surface area contributed by atoms with Gasteiger partial charge in [-0.3, -0.25) is 14.3 Å². The molecule has 49 heavy (non-hydrogen) atoms. The lowest BCUT2D eigenvalue weighted by Gasteiger charge is -2.13. The molecule has 2 rings (SSSR count). The molecule has 0 atom stereocenters. The number of alkyl halides is 6. The number of benzene rings is 2. The maximum absolute atomic E-state index is 12.9. The quantitative estimate of drug-likeness (QED) is 0.179. The summed E-state index contributed by atoms with van der Waals surface area (Å²) in [5, 5.41) is 0. The summed E-state index contributed by atoms with van der Waals surface area (Å²) in [6.07, 6.45) is -8.39. The molecule has 30 heteroatoms. The Morgan fingerprint density at radius 2 is 0.980 bits per heavy atom. The number of carbonyl (C=O) groups excluding carboxylic acids is 2. The topological polar surface area (TPSA) is 69.4 Å². The van der Waals surface area contributed by atoms with Crippen LogP contribution >= 0.6 is 15.9 Å². The number of carbonyl (C=O) groups is 2. The number of hydrogen-bond acceptors (Lipinski definition) is 3. The van der Waals surface area contributed by atoms with Gasteiger partial charge in [-0.2, -0.15) is 26.3 Å². The van der Waals surface area contributed by atoms with Crippen LogP contribution in [-0.4, -0.2) is 18.3 Å². The fourth-order valence-corrected chi connectivity index (χ4v) is 2.67. The van der Waals surface area contributed by atoms with Crippen LogP contribution in [0.25, 0.3) is 6.08 Å². The second kappa shape index (κ2) is 46.0. The van der Waals surface area contributed by atoms with E-state index in [1.807, 2.05) is 0 Å². The molecular formula is C19H13BrF25NO3. The Morgan fingerprint density at radius 3 is 1.29 bits per heavy atom. The van der Waals surface area contributed by atoms with Gasteiger partial charge < -0.3 is 10.5 Å². The molecule has 0 heterocycles. The first-order chi connectivity index (χ1) is 22.8. The number of ether oxygens (including phenoxy) is 1. The smallest absolute Gasteiger partial charge is 0.416 e. The maximum Gasteiger partial charge on any atom is 0.416 e. The van der Waals surface area contributed by atoms with Crippen LogP contribution in [0.1, 0.15) is 27.0 Å². The van der Waals surface area contributed by atoms with Crippen molar-refractivity contribution in [2.24, 2.45) is 5.73 Å². The van der Waals surface area contributed by atoms with Crippen molar-refractivity contribution in [3.63, 3.8) is 0 Å². The summed E-state index contributed by atoms with van der Waals surface area (Å²) in [7, 11) is 0. The molecular weight excluding hydrogens is 845 g/mol. The minimum atomic E-state index is -5.01. The summed E-state index contributed by atoms with van der Waals surface area (Å²) in [5.41, 5.74) is 1.42. The molecule has 0 aliphatic carbocycles. The zero-order valence-corrected chi connectivity index (χ0v) is 23.6. The summed E-state index contributed by atoms with van der Waals surface area (Å²) < 4.78 is 227. The Hall–Kier alpha value is -4.15. The molecule has 0 saturated carbocycles. The van der Waals surface area contributed by atoms with Gasteiger partial charge in [-0.15, -0.1) is 0 Å². The van der Waals surface area contributed by atoms with Gasteiger partial charge in [-0.25, -0.2) is 0 Å². The minimum Gasteiger partial charge on any atom is -0.483 e. The molecule has 0 unspecified atom stereocenters. The lowest BCUT2D eigenvalue weighted by atomic mass is 10.0. The van der Waals surface area contributed by atoms with Crippen molar-refractivity contribution in [1.29, 1.82) is 0 Å². The fourth-order valence-electron chi connectivity index (χ4n) is 2.31. The van der Waals surface area contributed by atoms with Gasteiger partial charge in [0.25, 0.3) is 5.91 Å². The predicted octanol–water partition coefficient (Wildman–Crippen LogP) is 13.0. The average molecular weight is 858 g/mol. The van der Waals surface area contributed by atoms with E-state index in [9.17, 15) is 35.9 Å². The molecule has 2 N–H and O–H groups in total. The minimum absolute atomic E-state index is 0. The monoisotopic (exact) mass is 857 g/mol. The van der Waals surface area contributed by atoms with Crippen molar-refractivity contribution in [1.82, 2.24) is 0 Å². The molecule has 2 aromatic carbocycles. The number of halogens is 26. The van der Waals surface area contributed by atoms with E-state index >= 15 is 0 Å². The second-order valence-electron chi connectivity index (χ2n) is 5.93. The molecule has 4 nitrogen and oxygen atoms in total. The molecule has 0 aliphatic heterocycles. The standard InChI is InChI=1S/C19H12BrF6NO3.9F2.FH/c20-13-2-4-16(30-9-17(27)29)14(8-13)15(28)3-1-10-5-11(18(21,22)23)7-12(6-10)19(24,25)26;9*1-2;/h1-8H,9H2,(H2,27,29);;;;;;;;;;1H/b3-1+;;;;;;;;;;. The number of ketones is 1. The molecule has 0 spiro atoms. The predicted molar refractivity (Wildman–Crippen MR) is 121 cm³/mol. The molecule has 0 saturated heterocycles. The third-order valence-electron chi connectivity index (χ3n) is 3.61. The van der Waals surface area contributed by atoms with Crippen molar-refractivity contribution in [3.05, 3.63) is 69.2 Å². The van der Waals surface area contributed by atoms with Gasteiger partial charge in [0.15, 0.2) is 12.4 Å². The Balaban J connectivity index is -0.000000104. The molecule has 1 amide bonds. The van der Waals surface area contributed by atoms with E-state index in [2.05, 4.69) is 15.9 Å². The summed E-state index contributed by atoms with van der Waals surface area (Å²) in [4.78, 5) is 23.3. The molecule has 2 aromatic rings. The summed E-state index contributed by atoms with van der Waals surface area (Å²) in [6.45, 7) is -0.534. The SMILES string of the molecule is F.FF.FF.FF.FF.FF.FF.FF.FF.FF.NC(=O)COc1ccc(Br)cc1C(=O)/C=C/c1cc(C(F)(F)F)cc(C(F)(F)F)c1. The van der Waals surface area contributed by atoms with Gasteiger partial charge in [0.1, 0.15) is 5.75 Å². The number of amides is 1. The first kappa shape index (κ1) is 67.1. The number of hydrogen-bond donors (Lipinski definition) is 1. The number of allylic oxidation sites excluding steroid dienone is 1. The van der Waals surface area contributed by atoms with Gasteiger partial charge in [0.2, 0.25) is 0 Å².